The summed E-state index contributed by atoms with van der Waals surface area (Å²) in [6, 6.07) is 7.99. The summed E-state index contributed by atoms with van der Waals surface area (Å²) in [7, 11) is 0. The molecule has 130 valence electrons. The molecule has 0 aromatic heterocycles. The van der Waals surface area contributed by atoms with Crippen molar-refractivity contribution < 1.29 is 9.59 Å². The molecule has 2 aliphatic rings. The molecule has 1 saturated carbocycles. The van der Waals surface area contributed by atoms with Gasteiger partial charge in [0.1, 0.15) is 0 Å². The molecule has 2 amide bonds. The van der Waals surface area contributed by atoms with Crippen LogP contribution in [-0.2, 0) is 4.79 Å². The second-order valence-electron chi connectivity index (χ2n) is 7.16. The van der Waals surface area contributed by atoms with Crippen LogP contribution in [0.5, 0.6) is 0 Å². The summed E-state index contributed by atoms with van der Waals surface area (Å²) in [6.45, 7) is 3.24. The van der Waals surface area contributed by atoms with E-state index in [1.165, 1.54) is 25.7 Å². The molecule has 0 spiro atoms. The Morgan fingerprint density at radius 3 is 2.71 bits per heavy atom. The number of rotatable bonds is 4. The second-order valence-corrected chi connectivity index (χ2v) is 7.16. The van der Waals surface area contributed by atoms with Gasteiger partial charge in [-0.25, -0.2) is 0 Å². The van der Waals surface area contributed by atoms with Gasteiger partial charge in [0, 0.05) is 31.1 Å². The average Bonchev–Trinajstić information content (AvgIpc) is 2.61. The predicted octanol–water partition coefficient (Wildman–Crippen LogP) is 3.30. The number of nitrogens with zero attached hydrogens (tertiary/aromatic N) is 1. The van der Waals surface area contributed by atoms with E-state index in [0.29, 0.717) is 30.5 Å². The first-order valence-electron chi connectivity index (χ1n) is 9.30. The summed E-state index contributed by atoms with van der Waals surface area (Å²) in [5.74, 6) is 0.824. The molecule has 2 fully saturated rings. The molecule has 1 aromatic carbocycles. The maximum absolute atomic E-state index is 12.6. The summed E-state index contributed by atoms with van der Waals surface area (Å²) in [4.78, 5) is 26.9. The van der Waals surface area contributed by atoms with Crippen molar-refractivity contribution in [3.05, 3.63) is 35.4 Å². The van der Waals surface area contributed by atoms with E-state index in [9.17, 15) is 9.59 Å². The fraction of sp³-hybridized carbons (Fsp3) is 0.600. The highest BCUT2D eigenvalue weighted by atomic mass is 16.2. The Balaban J connectivity index is 1.50. The fourth-order valence-corrected chi connectivity index (χ4v) is 4.28. The van der Waals surface area contributed by atoms with Crippen molar-refractivity contribution in [2.45, 2.75) is 57.9 Å². The molecule has 1 saturated heterocycles. The van der Waals surface area contributed by atoms with Crippen LogP contribution < -0.4 is 5.32 Å². The average molecular weight is 328 g/mol. The number of carbonyl (C=O) groups excluding carboxylic acids is 2. The first-order chi connectivity index (χ1) is 11.7. The highest BCUT2D eigenvalue weighted by Crippen LogP contribution is 2.35. The van der Waals surface area contributed by atoms with E-state index >= 15 is 0 Å². The molecule has 0 bridgehead atoms. The number of likely N-dealkylation sites (tertiary alicyclic amines) is 1. The predicted molar refractivity (Wildman–Crippen MR) is 94.8 cm³/mol. The molecule has 1 aromatic rings. The SMILES string of the molecule is Cc1ccccc1C(=O)NCCC(=O)N1CCCC2CCCCC21. The van der Waals surface area contributed by atoms with Crippen molar-refractivity contribution in [2.75, 3.05) is 13.1 Å². The van der Waals surface area contributed by atoms with Gasteiger partial charge >= 0.3 is 0 Å². The molecule has 1 aliphatic heterocycles. The van der Waals surface area contributed by atoms with E-state index < -0.39 is 0 Å². The normalized spacial score (nSPS) is 23.5. The summed E-state index contributed by atoms with van der Waals surface area (Å²) >= 11 is 0. The number of carbonyl (C=O) groups is 2. The van der Waals surface area contributed by atoms with Crippen LogP contribution in [0.3, 0.4) is 0 Å². The molecule has 3 rings (SSSR count). The van der Waals surface area contributed by atoms with Crippen molar-refractivity contribution in [3.8, 4) is 0 Å². The number of piperidine rings is 1. The Kier molecular flexibility index (Phi) is 5.54. The third kappa shape index (κ3) is 3.80. The van der Waals surface area contributed by atoms with Crippen molar-refractivity contribution in [1.29, 1.82) is 0 Å². The zero-order valence-electron chi connectivity index (χ0n) is 14.6. The van der Waals surface area contributed by atoms with E-state index in [1.54, 1.807) is 0 Å². The number of fused-ring (bicyclic) bond motifs is 1. The van der Waals surface area contributed by atoms with Gasteiger partial charge in [-0.2, -0.15) is 0 Å². The number of hydrogen-bond donors (Lipinski definition) is 1. The Labute approximate surface area is 144 Å². The Morgan fingerprint density at radius 1 is 1.12 bits per heavy atom. The van der Waals surface area contributed by atoms with Crippen molar-refractivity contribution in [3.63, 3.8) is 0 Å². The first-order valence-corrected chi connectivity index (χ1v) is 9.30. The number of benzene rings is 1. The molecule has 1 heterocycles. The second kappa shape index (κ2) is 7.82. The molecule has 2 unspecified atom stereocenters. The number of hydrogen-bond acceptors (Lipinski definition) is 2. The number of nitrogens with one attached hydrogen (secondary N) is 1. The highest BCUT2D eigenvalue weighted by molar-refractivity contribution is 5.95. The maximum atomic E-state index is 12.6. The van der Waals surface area contributed by atoms with Gasteiger partial charge in [0.05, 0.1) is 0 Å². The van der Waals surface area contributed by atoms with Gasteiger partial charge in [-0.15, -0.1) is 0 Å². The molecular formula is C20H28N2O2. The third-order valence-corrected chi connectivity index (χ3v) is 5.58. The fourth-order valence-electron chi connectivity index (χ4n) is 4.28. The van der Waals surface area contributed by atoms with Gasteiger partial charge in [-0.1, -0.05) is 31.0 Å². The van der Waals surface area contributed by atoms with Gasteiger partial charge < -0.3 is 10.2 Å². The standard InChI is InChI=1S/C20H28N2O2/c1-15-7-2-4-10-17(15)20(24)21-13-12-19(23)22-14-6-9-16-8-3-5-11-18(16)22/h2,4,7,10,16,18H,3,5-6,8-9,11-14H2,1H3,(H,21,24). The largest absolute Gasteiger partial charge is 0.352 e. The van der Waals surface area contributed by atoms with E-state index in [2.05, 4.69) is 10.2 Å². The number of aryl methyl sites for hydroxylation is 1. The molecule has 0 radical (unpaired) electrons. The van der Waals surface area contributed by atoms with Crippen molar-refractivity contribution in [1.82, 2.24) is 10.2 Å². The minimum Gasteiger partial charge on any atom is -0.352 e. The summed E-state index contributed by atoms with van der Waals surface area (Å²) in [5.41, 5.74) is 1.65. The molecule has 1 aliphatic carbocycles. The van der Waals surface area contributed by atoms with Gasteiger partial charge in [0.2, 0.25) is 5.91 Å². The minimum absolute atomic E-state index is 0.0879. The molecule has 1 N–H and O–H groups in total. The Bertz CT molecular complexity index is 597. The van der Waals surface area contributed by atoms with Gasteiger partial charge in [-0.05, 0) is 50.2 Å². The topological polar surface area (TPSA) is 49.4 Å². The van der Waals surface area contributed by atoms with E-state index in [0.717, 1.165) is 24.9 Å². The van der Waals surface area contributed by atoms with Gasteiger partial charge in [-0.3, -0.25) is 9.59 Å². The van der Waals surface area contributed by atoms with E-state index in [-0.39, 0.29) is 11.8 Å². The third-order valence-electron chi connectivity index (χ3n) is 5.58. The lowest BCUT2D eigenvalue weighted by Crippen LogP contribution is -2.50. The lowest BCUT2D eigenvalue weighted by atomic mass is 9.78. The van der Waals surface area contributed by atoms with Crippen LogP contribution >= 0.6 is 0 Å². The van der Waals surface area contributed by atoms with Gasteiger partial charge in [0.25, 0.3) is 5.91 Å². The highest BCUT2D eigenvalue weighted by Gasteiger charge is 2.35. The Morgan fingerprint density at radius 2 is 1.88 bits per heavy atom. The lowest BCUT2D eigenvalue weighted by Gasteiger charge is -2.44. The quantitative estimate of drug-likeness (QED) is 0.922. The minimum atomic E-state index is -0.0879. The first kappa shape index (κ1) is 17.0. The van der Waals surface area contributed by atoms with Crippen LogP contribution in [0.15, 0.2) is 24.3 Å². The van der Waals surface area contributed by atoms with Crippen molar-refractivity contribution in [2.24, 2.45) is 5.92 Å². The molecule has 24 heavy (non-hydrogen) atoms. The monoisotopic (exact) mass is 328 g/mol. The van der Waals surface area contributed by atoms with Crippen LogP contribution in [-0.4, -0.2) is 35.8 Å². The van der Waals surface area contributed by atoms with Crippen molar-refractivity contribution >= 4 is 11.8 Å². The maximum Gasteiger partial charge on any atom is 0.251 e. The van der Waals surface area contributed by atoms with Crippen LogP contribution in [0.25, 0.3) is 0 Å². The van der Waals surface area contributed by atoms with E-state index in [1.807, 2.05) is 31.2 Å². The molecule has 2 atom stereocenters. The van der Waals surface area contributed by atoms with Crippen LogP contribution in [0.1, 0.15) is 60.9 Å². The molecular weight excluding hydrogens is 300 g/mol. The Hall–Kier alpha value is -1.84. The van der Waals surface area contributed by atoms with Gasteiger partial charge in [0.15, 0.2) is 0 Å². The number of amides is 2. The summed E-state index contributed by atoms with van der Waals surface area (Å²) < 4.78 is 0. The zero-order valence-corrected chi connectivity index (χ0v) is 14.6. The summed E-state index contributed by atoms with van der Waals surface area (Å²) in [5, 5.41) is 2.90. The zero-order chi connectivity index (χ0) is 16.9. The lowest BCUT2D eigenvalue weighted by molar-refractivity contribution is -0.137. The molecule has 4 nitrogen and oxygen atoms in total. The van der Waals surface area contributed by atoms with E-state index in [4.69, 9.17) is 0 Å². The summed E-state index contributed by atoms with van der Waals surface area (Å²) in [6.07, 6.45) is 7.80. The molecule has 4 heteroatoms. The van der Waals surface area contributed by atoms with Crippen LogP contribution in [0.4, 0.5) is 0 Å². The smallest absolute Gasteiger partial charge is 0.251 e. The van der Waals surface area contributed by atoms with Crippen LogP contribution in [0.2, 0.25) is 0 Å². The van der Waals surface area contributed by atoms with Crippen LogP contribution in [0, 0.1) is 12.8 Å².